The van der Waals surface area contributed by atoms with Gasteiger partial charge in [-0.05, 0) is 115 Å². The highest BCUT2D eigenvalue weighted by molar-refractivity contribution is 9.10. The number of nitrogens with zero attached hydrogens (tertiary/aromatic N) is 2. The molecule has 0 aromatic heterocycles. The molecular formula is C32H44BBrN2O4. The minimum absolute atomic E-state index is 0.0825. The van der Waals surface area contributed by atoms with Crippen LogP contribution in [0.5, 0.6) is 0 Å². The molecule has 0 amide bonds. The van der Waals surface area contributed by atoms with Crippen molar-refractivity contribution in [2.24, 2.45) is 0 Å². The van der Waals surface area contributed by atoms with Gasteiger partial charge in [0, 0.05) is 40.0 Å². The van der Waals surface area contributed by atoms with Crippen molar-refractivity contribution in [3.8, 4) is 0 Å². The monoisotopic (exact) mass is 610 g/mol. The van der Waals surface area contributed by atoms with Gasteiger partial charge < -0.3 is 29.3 Å². The molecule has 5 aliphatic heterocycles. The third kappa shape index (κ3) is 5.47. The molecule has 4 unspecified atom stereocenters. The van der Waals surface area contributed by atoms with E-state index in [1.165, 1.54) is 37.1 Å². The maximum Gasteiger partial charge on any atom is 0.494 e. The van der Waals surface area contributed by atoms with Crippen molar-refractivity contribution in [1.82, 2.24) is 0 Å². The van der Waals surface area contributed by atoms with Gasteiger partial charge in [-0.3, -0.25) is 0 Å². The van der Waals surface area contributed by atoms with E-state index in [0.29, 0.717) is 24.2 Å². The summed E-state index contributed by atoms with van der Waals surface area (Å²) >= 11 is 3.52. The van der Waals surface area contributed by atoms with E-state index in [4.69, 9.17) is 9.31 Å². The molecule has 0 saturated carbocycles. The largest absolute Gasteiger partial charge is 0.494 e. The summed E-state index contributed by atoms with van der Waals surface area (Å²) < 4.78 is 13.5. The number of aliphatic hydroxyl groups is 2. The van der Waals surface area contributed by atoms with Gasteiger partial charge in [-0.15, -0.1) is 0 Å². The normalized spacial score (nSPS) is 33.6. The van der Waals surface area contributed by atoms with Gasteiger partial charge in [-0.2, -0.15) is 0 Å². The van der Waals surface area contributed by atoms with Gasteiger partial charge in [-0.25, -0.2) is 0 Å². The van der Waals surface area contributed by atoms with Crippen LogP contribution in [-0.2, 0) is 9.31 Å². The molecular weight excluding hydrogens is 567 g/mol. The second kappa shape index (κ2) is 10.9. The van der Waals surface area contributed by atoms with Crippen LogP contribution in [0.25, 0.3) is 0 Å². The molecule has 6 nitrogen and oxygen atoms in total. The number of benzene rings is 2. The fourth-order valence-electron chi connectivity index (χ4n) is 7.59. The van der Waals surface area contributed by atoms with E-state index >= 15 is 0 Å². The van der Waals surface area contributed by atoms with Crippen LogP contribution in [0.15, 0.2) is 53.0 Å². The lowest BCUT2D eigenvalue weighted by Gasteiger charge is -2.39. The third-order valence-electron chi connectivity index (χ3n) is 10.2. The number of hydrogen-bond donors (Lipinski definition) is 2. The first-order valence-corrected chi connectivity index (χ1v) is 15.9. The molecule has 2 aromatic carbocycles. The Bertz CT molecular complexity index is 1170. The fraction of sp³-hybridized carbons (Fsp3) is 0.625. The van der Waals surface area contributed by atoms with Gasteiger partial charge in [0.15, 0.2) is 0 Å². The smallest absolute Gasteiger partial charge is 0.399 e. The van der Waals surface area contributed by atoms with Gasteiger partial charge in [0.05, 0.1) is 23.4 Å². The maximum absolute atomic E-state index is 10.0. The third-order valence-corrected chi connectivity index (χ3v) is 10.7. The van der Waals surface area contributed by atoms with E-state index in [-0.39, 0.29) is 30.5 Å². The molecule has 5 aliphatic rings. The Morgan fingerprint density at radius 2 is 1.12 bits per heavy atom. The predicted octanol–water partition coefficient (Wildman–Crippen LogP) is 5.42. The van der Waals surface area contributed by atoms with E-state index in [2.05, 4.69) is 102 Å². The van der Waals surface area contributed by atoms with Gasteiger partial charge in [0.25, 0.3) is 0 Å². The highest BCUT2D eigenvalue weighted by Crippen LogP contribution is 2.41. The van der Waals surface area contributed by atoms with Gasteiger partial charge in [0.1, 0.15) is 0 Å². The van der Waals surface area contributed by atoms with E-state index in [9.17, 15) is 10.2 Å². The van der Waals surface area contributed by atoms with Crippen LogP contribution in [0, 0.1) is 0 Å². The van der Waals surface area contributed by atoms with Crippen molar-refractivity contribution in [3.05, 3.63) is 53.0 Å². The minimum Gasteiger partial charge on any atom is -0.399 e. The molecule has 7 rings (SSSR count). The number of rotatable bonds is 3. The Hall–Kier alpha value is -1.58. The summed E-state index contributed by atoms with van der Waals surface area (Å²) in [7, 11) is -0.317. The topological polar surface area (TPSA) is 65.4 Å². The quantitative estimate of drug-likeness (QED) is 0.453. The molecule has 5 heterocycles. The molecule has 8 heteroatoms. The lowest BCUT2D eigenvalue weighted by Crippen LogP contribution is -2.45. The summed E-state index contributed by atoms with van der Waals surface area (Å²) in [5, 5.41) is 19.8. The van der Waals surface area contributed by atoms with Crippen LogP contribution in [0.2, 0.25) is 0 Å². The predicted molar refractivity (Wildman–Crippen MR) is 165 cm³/mol. The molecule has 0 spiro atoms. The fourth-order valence-corrected chi connectivity index (χ4v) is 7.97. The summed E-state index contributed by atoms with van der Waals surface area (Å²) in [5.74, 6) is 0. The van der Waals surface area contributed by atoms with E-state index in [1.54, 1.807) is 0 Å². The number of halogens is 1. The average molecular weight is 611 g/mol. The Kier molecular flexibility index (Phi) is 7.79. The zero-order chi connectivity index (χ0) is 28.2. The molecule has 216 valence electrons. The van der Waals surface area contributed by atoms with Crippen molar-refractivity contribution in [2.75, 3.05) is 9.80 Å². The van der Waals surface area contributed by atoms with Gasteiger partial charge >= 0.3 is 7.12 Å². The lowest BCUT2D eigenvalue weighted by atomic mass is 9.78. The molecule has 0 aliphatic carbocycles. The van der Waals surface area contributed by atoms with Crippen molar-refractivity contribution < 1.29 is 19.5 Å². The maximum atomic E-state index is 10.0. The van der Waals surface area contributed by atoms with E-state index in [0.717, 1.165) is 35.6 Å². The van der Waals surface area contributed by atoms with Crippen LogP contribution in [0.4, 0.5) is 11.4 Å². The SMILES string of the molecule is CC1(C)OB(c2cccc(N3C4CCC3CC(O)C4)c2)OC1(C)C.OC1CC2CCC(C1)N2c1cccc(Br)c1. The number of anilines is 2. The van der Waals surface area contributed by atoms with Crippen molar-refractivity contribution >= 4 is 39.9 Å². The number of piperidine rings is 2. The highest BCUT2D eigenvalue weighted by atomic mass is 79.9. The molecule has 2 N–H and O–H groups in total. The molecule has 4 bridgehead atoms. The first-order chi connectivity index (χ1) is 19.0. The standard InChI is InChI=1S/C19H28BNO3.C13H16BrNO/c1-18(2)19(3,4)24-20(23-18)13-6-5-7-14(10-13)21-15-8-9-16(21)12-17(22)11-15;14-9-2-1-3-10(6-9)15-11-4-5-12(15)8-13(16)7-11/h5-7,10,15-17,22H,8-9,11-12H2,1-4H3;1-3,6,11-13,16H,4-5,7-8H2. The first-order valence-electron chi connectivity index (χ1n) is 15.1. The second-order valence-corrected chi connectivity index (χ2v) is 14.4. The number of fused-ring (bicyclic) bond motifs is 4. The highest BCUT2D eigenvalue weighted by Gasteiger charge is 2.52. The number of aliphatic hydroxyl groups excluding tert-OH is 2. The summed E-state index contributed by atoms with van der Waals surface area (Å²) in [6.07, 6.45) is 8.25. The van der Waals surface area contributed by atoms with Gasteiger partial charge in [-0.1, -0.05) is 34.1 Å². The Balaban J connectivity index is 0.000000157. The van der Waals surface area contributed by atoms with Crippen LogP contribution < -0.4 is 15.3 Å². The first kappa shape index (κ1) is 28.5. The summed E-state index contributed by atoms with van der Waals surface area (Å²) in [6.45, 7) is 8.35. The Morgan fingerprint density at radius 1 is 0.700 bits per heavy atom. The van der Waals surface area contributed by atoms with Crippen LogP contribution in [-0.4, -0.2) is 64.9 Å². The Morgan fingerprint density at radius 3 is 1.57 bits per heavy atom. The Labute approximate surface area is 248 Å². The zero-order valence-electron chi connectivity index (χ0n) is 24.3. The van der Waals surface area contributed by atoms with Crippen molar-refractivity contribution in [3.63, 3.8) is 0 Å². The molecule has 4 atom stereocenters. The van der Waals surface area contributed by atoms with Crippen LogP contribution in [0.1, 0.15) is 79.1 Å². The second-order valence-electron chi connectivity index (χ2n) is 13.5. The number of hydrogen-bond acceptors (Lipinski definition) is 6. The molecule has 40 heavy (non-hydrogen) atoms. The summed E-state index contributed by atoms with van der Waals surface area (Å²) in [4.78, 5) is 5.03. The minimum atomic E-state index is -0.318. The molecule has 2 aromatic rings. The molecule has 5 saturated heterocycles. The zero-order valence-corrected chi connectivity index (χ0v) is 25.9. The van der Waals surface area contributed by atoms with Crippen molar-refractivity contribution in [1.29, 1.82) is 0 Å². The van der Waals surface area contributed by atoms with Gasteiger partial charge in [0.2, 0.25) is 0 Å². The van der Waals surface area contributed by atoms with Crippen LogP contribution >= 0.6 is 15.9 Å². The summed E-state index contributed by atoms with van der Waals surface area (Å²) in [5.41, 5.74) is 2.98. The molecule has 5 fully saturated rings. The average Bonchev–Trinajstić information content (AvgIpc) is 3.42. The van der Waals surface area contributed by atoms with E-state index < -0.39 is 0 Å². The lowest BCUT2D eigenvalue weighted by molar-refractivity contribution is 0.00578. The summed E-state index contributed by atoms with van der Waals surface area (Å²) in [6, 6.07) is 19.1. The van der Waals surface area contributed by atoms with E-state index in [1.807, 2.05) is 0 Å². The van der Waals surface area contributed by atoms with Crippen molar-refractivity contribution in [2.45, 2.75) is 127 Å². The van der Waals surface area contributed by atoms with Crippen LogP contribution in [0.3, 0.4) is 0 Å². The molecule has 0 radical (unpaired) electrons.